The number of rotatable bonds is 2. The van der Waals surface area contributed by atoms with Crippen LogP contribution in [0.15, 0.2) is 18.6 Å². The van der Waals surface area contributed by atoms with Crippen molar-refractivity contribution >= 4 is 28.1 Å². The number of ether oxygens (including phenoxy) is 3. The van der Waals surface area contributed by atoms with Crippen molar-refractivity contribution in [2.75, 3.05) is 18.5 Å². The van der Waals surface area contributed by atoms with Gasteiger partial charge in [0, 0.05) is 30.5 Å². The van der Waals surface area contributed by atoms with E-state index in [1.54, 1.807) is 4.52 Å². The minimum absolute atomic E-state index is 0.265. The normalized spacial score (nSPS) is 17.9. The maximum Gasteiger partial charge on any atom is 0.412 e. The number of nitrogens with zero attached hydrogens (tertiary/aromatic N) is 4. The van der Waals surface area contributed by atoms with Crippen LogP contribution in [0.2, 0.25) is 0 Å². The van der Waals surface area contributed by atoms with Crippen LogP contribution in [0, 0.1) is 18.8 Å². The third-order valence-corrected chi connectivity index (χ3v) is 7.24. The topological polar surface area (TPSA) is 99.9 Å². The molecular formula is C25H29N5O4S. The van der Waals surface area contributed by atoms with Gasteiger partial charge in [0.15, 0.2) is 11.4 Å². The van der Waals surface area contributed by atoms with Crippen molar-refractivity contribution in [2.24, 2.45) is 0 Å². The van der Waals surface area contributed by atoms with Crippen molar-refractivity contribution in [3.05, 3.63) is 40.4 Å². The molecule has 2 fully saturated rings. The molecule has 1 amide bonds. The van der Waals surface area contributed by atoms with Crippen LogP contribution in [0.1, 0.15) is 74.2 Å². The van der Waals surface area contributed by atoms with Gasteiger partial charge in [-0.3, -0.25) is 5.32 Å². The highest BCUT2D eigenvalue weighted by molar-refractivity contribution is 7.16. The lowest BCUT2D eigenvalue weighted by molar-refractivity contribution is -0.178. The lowest BCUT2D eigenvalue weighted by Crippen LogP contribution is -2.34. The standard InChI is InChI=1S/C25H29N5O4S/c1-16-13-20-26-15-27-30(20)14-18(16)5-6-19-22(29-23(31)34-24(2,3)4)35-21(28-19)17-7-9-25(10-8-17)32-11-12-33-25/h13-15,17H,7-12H2,1-4H3,(H,29,31). The van der Waals surface area contributed by atoms with Crippen LogP contribution in [0.4, 0.5) is 9.80 Å². The Morgan fingerprint density at radius 1 is 1.26 bits per heavy atom. The van der Waals surface area contributed by atoms with Gasteiger partial charge >= 0.3 is 6.09 Å². The predicted octanol–water partition coefficient (Wildman–Crippen LogP) is 4.64. The minimum Gasteiger partial charge on any atom is -0.444 e. The molecule has 3 aromatic rings. The predicted molar refractivity (Wildman–Crippen MR) is 132 cm³/mol. The molecule has 35 heavy (non-hydrogen) atoms. The maximum atomic E-state index is 12.5. The van der Waals surface area contributed by atoms with Crippen molar-refractivity contribution in [2.45, 2.75) is 70.7 Å². The molecule has 0 radical (unpaired) electrons. The van der Waals surface area contributed by atoms with Gasteiger partial charge in [0.05, 0.1) is 18.2 Å². The van der Waals surface area contributed by atoms with Gasteiger partial charge in [-0.05, 0) is 58.1 Å². The van der Waals surface area contributed by atoms with Crippen molar-refractivity contribution in [1.82, 2.24) is 19.6 Å². The molecule has 0 bridgehead atoms. The molecule has 0 atom stereocenters. The Balaban J connectivity index is 1.42. The fourth-order valence-electron chi connectivity index (χ4n) is 4.38. The Labute approximate surface area is 208 Å². The Morgan fingerprint density at radius 3 is 2.71 bits per heavy atom. The molecular weight excluding hydrogens is 466 g/mol. The molecule has 0 aromatic carbocycles. The molecule has 0 unspecified atom stereocenters. The van der Waals surface area contributed by atoms with E-state index in [2.05, 4.69) is 27.2 Å². The summed E-state index contributed by atoms with van der Waals surface area (Å²) in [7, 11) is 0. The van der Waals surface area contributed by atoms with Crippen molar-refractivity contribution in [3.63, 3.8) is 0 Å². The SMILES string of the molecule is Cc1cc2ncnn2cc1C#Cc1nc(C2CCC3(CC2)OCCO3)sc1NC(=O)OC(C)(C)C. The first-order valence-corrected chi connectivity index (χ1v) is 12.6. The van der Waals surface area contributed by atoms with Crippen LogP contribution in [-0.2, 0) is 14.2 Å². The second-order valence-electron chi connectivity index (χ2n) is 9.92. The minimum atomic E-state index is -0.604. The summed E-state index contributed by atoms with van der Waals surface area (Å²) >= 11 is 1.46. The molecule has 1 spiro atoms. The zero-order chi connectivity index (χ0) is 24.6. The number of aryl methyl sites for hydroxylation is 1. The van der Waals surface area contributed by atoms with Crippen LogP contribution in [0.3, 0.4) is 0 Å². The van der Waals surface area contributed by atoms with Gasteiger partial charge in [-0.1, -0.05) is 17.3 Å². The molecule has 4 heterocycles. The third-order valence-electron chi connectivity index (χ3n) is 6.11. The number of nitrogens with one attached hydrogen (secondary N) is 1. The maximum absolute atomic E-state index is 12.5. The van der Waals surface area contributed by atoms with Gasteiger partial charge in [0.2, 0.25) is 0 Å². The molecule has 5 rings (SSSR count). The number of hydrogen-bond donors (Lipinski definition) is 1. The summed E-state index contributed by atoms with van der Waals surface area (Å²) in [6.07, 6.45) is 6.33. The molecule has 1 saturated heterocycles. The van der Waals surface area contributed by atoms with E-state index in [9.17, 15) is 4.79 Å². The smallest absolute Gasteiger partial charge is 0.412 e. The summed E-state index contributed by atoms with van der Waals surface area (Å²) in [5.41, 5.74) is 2.50. The number of aromatic nitrogens is 4. The van der Waals surface area contributed by atoms with E-state index in [0.717, 1.165) is 47.5 Å². The van der Waals surface area contributed by atoms with Crippen LogP contribution in [-0.4, -0.2) is 50.3 Å². The average molecular weight is 496 g/mol. The molecule has 1 aliphatic carbocycles. The van der Waals surface area contributed by atoms with Gasteiger partial charge in [0.1, 0.15) is 22.6 Å². The van der Waals surface area contributed by atoms with Gasteiger partial charge in [-0.15, -0.1) is 0 Å². The van der Waals surface area contributed by atoms with Crippen molar-refractivity contribution in [1.29, 1.82) is 0 Å². The van der Waals surface area contributed by atoms with E-state index in [1.807, 2.05) is 40.0 Å². The van der Waals surface area contributed by atoms with E-state index in [4.69, 9.17) is 19.2 Å². The highest BCUT2D eigenvalue weighted by atomic mass is 32.1. The van der Waals surface area contributed by atoms with Crippen molar-refractivity contribution in [3.8, 4) is 11.8 Å². The highest BCUT2D eigenvalue weighted by Gasteiger charge is 2.41. The van der Waals surface area contributed by atoms with Crippen LogP contribution >= 0.6 is 11.3 Å². The Morgan fingerprint density at radius 2 is 2.00 bits per heavy atom. The van der Waals surface area contributed by atoms with Crippen LogP contribution in [0.5, 0.6) is 0 Å². The fourth-order valence-corrected chi connectivity index (χ4v) is 5.46. The molecule has 184 valence electrons. The molecule has 1 saturated carbocycles. The number of carbonyl (C=O) groups is 1. The lowest BCUT2D eigenvalue weighted by atomic mass is 9.85. The number of hydrogen-bond acceptors (Lipinski definition) is 8. The largest absolute Gasteiger partial charge is 0.444 e. The van der Waals surface area contributed by atoms with Crippen LogP contribution in [0.25, 0.3) is 5.65 Å². The van der Waals surface area contributed by atoms with Gasteiger partial charge in [0.25, 0.3) is 0 Å². The summed E-state index contributed by atoms with van der Waals surface area (Å²) in [5, 5.41) is 8.61. The molecule has 9 nitrogen and oxygen atoms in total. The van der Waals surface area contributed by atoms with E-state index >= 15 is 0 Å². The fraction of sp³-hybridized carbons (Fsp3) is 0.520. The van der Waals surface area contributed by atoms with E-state index in [0.29, 0.717) is 23.9 Å². The Bertz CT molecular complexity index is 1300. The molecule has 1 aliphatic heterocycles. The number of anilines is 1. The van der Waals surface area contributed by atoms with Gasteiger partial charge in [-0.25, -0.2) is 19.3 Å². The zero-order valence-electron chi connectivity index (χ0n) is 20.4. The first-order valence-electron chi connectivity index (χ1n) is 11.8. The number of thiazole rings is 1. The second-order valence-corrected chi connectivity index (χ2v) is 11.0. The van der Waals surface area contributed by atoms with Crippen LogP contribution < -0.4 is 5.32 Å². The van der Waals surface area contributed by atoms with E-state index in [-0.39, 0.29) is 5.92 Å². The summed E-state index contributed by atoms with van der Waals surface area (Å²) < 4.78 is 18.9. The van der Waals surface area contributed by atoms with Crippen molar-refractivity contribution < 1.29 is 19.0 Å². The van der Waals surface area contributed by atoms with Gasteiger partial charge < -0.3 is 14.2 Å². The first kappa shape index (κ1) is 23.7. The summed E-state index contributed by atoms with van der Waals surface area (Å²) in [6.45, 7) is 8.80. The monoisotopic (exact) mass is 495 g/mol. The molecule has 3 aromatic heterocycles. The number of amides is 1. The summed E-state index contributed by atoms with van der Waals surface area (Å²) in [6, 6.07) is 1.94. The summed E-state index contributed by atoms with van der Waals surface area (Å²) in [4.78, 5) is 21.6. The highest BCUT2D eigenvalue weighted by Crippen LogP contribution is 2.44. The second kappa shape index (κ2) is 9.22. The number of fused-ring (bicyclic) bond motifs is 1. The molecule has 1 N–H and O–H groups in total. The first-order chi connectivity index (χ1) is 16.7. The van der Waals surface area contributed by atoms with Gasteiger partial charge in [-0.2, -0.15) is 5.10 Å². The Hall–Kier alpha value is -3.00. The quantitative estimate of drug-likeness (QED) is 0.517. The third kappa shape index (κ3) is 5.32. The zero-order valence-corrected chi connectivity index (χ0v) is 21.2. The van der Waals surface area contributed by atoms with E-state index < -0.39 is 17.5 Å². The molecule has 2 aliphatic rings. The molecule has 10 heteroatoms. The number of pyridine rings is 1. The average Bonchev–Trinajstić information content (AvgIpc) is 3.52. The Kier molecular flexibility index (Phi) is 6.25. The lowest BCUT2D eigenvalue weighted by Gasteiger charge is -2.34. The number of carbonyl (C=O) groups excluding carboxylic acids is 1. The van der Waals surface area contributed by atoms with E-state index in [1.165, 1.54) is 17.7 Å². The summed E-state index contributed by atoms with van der Waals surface area (Å²) in [5.74, 6) is 6.21.